The molecule has 2 amide bonds. The zero-order valence-corrected chi connectivity index (χ0v) is 42.8. The molecule has 0 radical (unpaired) electrons. The van der Waals surface area contributed by atoms with Gasteiger partial charge in [-0.3, -0.25) is 19.4 Å². The lowest BCUT2D eigenvalue weighted by molar-refractivity contribution is 0.0196. The van der Waals surface area contributed by atoms with Crippen molar-refractivity contribution in [3.05, 3.63) is 70.8 Å². The van der Waals surface area contributed by atoms with Crippen LogP contribution >= 0.6 is 0 Å². The van der Waals surface area contributed by atoms with Gasteiger partial charge in [0.2, 0.25) is 0 Å². The van der Waals surface area contributed by atoms with Crippen LogP contribution in [0.5, 0.6) is 0 Å². The maximum atomic E-state index is 16.0. The van der Waals surface area contributed by atoms with Crippen LogP contribution in [0, 0.1) is 11.6 Å². The van der Waals surface area contributed by atoms with Crippen molar-refractivity contribution >= 4 is 62.0 Å². The molecule has 2 aliphatic heterocycles. The van der Waals surface area contributed by atoms with E-state index < -0.39 is 74.8 Å². The molecule has 4 aromatic rings. The summed E-state index contributed by atoms with van der Waals surface area (Å²) in [5, 5.41) is 0. The minimum Gasteiger partial charge on any atom is -0.444 e. The Balaban J connectivity index is 1.29. The summed E-state index contributed by atoms with van der Waals surface area (Å²) in [7, 11) is -2.85. The van der Waals surface area contributed by atoms with Crippen LogP contribution in [0.15, 0.2) is 36.4 Å². The standard InChI is InChI=1S/C48H68F2N6O8Si2/c1-47(2,3)63-45(59)53-19-13-15-37(53)43-51-35-25-31(33(49)27-39(35)55(43)29-61-21-23-65(7,8)9)41(57)17-18-42(58)32-26-36-40(28-34(32)50)56(30-62-22-24-66(10,11)12)44(52-36)38-16-14-20-54(38)46(60)64-48(4,5)6/h17-18,25-28,37-38H,13-16,19-24,29-30H2,1-12H3. The van der Waals surface area contributed by atoms with Gasteiger partial charge >= 0.3 is 12.2 Å². The normalized spacial score (nSPS) is 17.5. The van der Waals surface area contributed by atoms with Crippen LogP contribution in [0.3, 0.4) is 0 Å². The number of ether oxygens (including phenoxy) is 4. The fourth-order valence-corrected chi connectivity index (χ4v) is 9.55. The summed E-state index contributed by atoms with van der Waals surface area (Å²) in [6, 6.07) is 5.94. The number of imidazole rings is 2. The lowest BCUT2D eigenvalue weighted by atomic mass is 10.1. The molecular weight excluding hydrogens is 883 g/mol. The summed E-state index contributed by atoms with van der Waals surface area (Å²) >= 11 is 0. The zero-order chi connectivity index (χ0) is 48.5. The van der Waals surface area contributed by atoms with Gasteiger partial charge in [-0.15, -0.1) is 0 Å². The predicted molar refractivity (Wildman–Crippen MR) is 255 cm³/mol. The van der Waals surface area contributed by atoms with Crippen molar-refractivity contribution in [1.82, 2.24) is 28.9 Å². The number of hydrogen-bond acceptors (Lipinski definition) is 10. The van der Waals surface area contributed by atoms with Gasteiger partial charge < -0.3 is 28.1 Å². The first kappa shape index (κ1) is 50.6. The predicted octanol–water partition coefficient (Wildman–Crippen LogP) is 11.1. The molecule has 0 spiro atoms. The molecule has 14 nitrogen and oxygen atoms in total. The van der Waals surface area contributed by atoms with Crippen LogP contribution in [0.25, 0.3) is 22.1 Å². The van der Waals surface area contributed by atoms with E-state index in [9.17, 15) is 19.2 Å². The van der Waals surface area contributed by atoms with Crippen molar-refractivity contribution in [3.63, 3.8) is 0 Å². The SMILES string of the molecule is CC(C)(C)OC(=O)N1CCCC1c1nc2cc(C(=O)C=CC(=O)c3cc4nc(C5CCCN5C(=O)OC(C)(C)C)n(COCC[Si](C)(C)C)c4cc3F)c(F)cc2n1COCC[Si](C)(C)C. The first-order valence-corrected chi connectivity index (χ1v) is 30.4. The molecule has 2 unspecified atom stereocenters. The molecule has 0 bridgehead atoms. The molecular formula is C48H68F2N6O8Si2. The molecule has 2 atom stereocenters. The number of hydrogen-bond donors (Lipinski definition) is 0. The fourth-order valence-electron chi connectivity index (χ4n) is 8.03. The van der Waals surface area contributed by atoms with Crippen LogP contribution in [-0.4, -0.2) is 106 Å². The Morgan fingerprint density at radius 2 is 1.00 bits per heavy atom. The van der Waals surface area contributed by atoms with Gasteiger partial charge in [-0.25, -0.2) is 28.3 Å². The van der Waals surface area contributed by atoms with E-state index in [-0.39, 0.29) is 24.6 Å². The van der Waals surface area contributed by atoms with Gasteiger partial charge in [0.25, 0.3) is 0 Å². The highest BCUT2D eigenvalue weighted by Crippen LogP contribution is 2.37. The number of rotatable bonds is 16. The van der Waals surface area contributed by atoms with Crippen LogP contribution < -0.4 is 0 Å². The Labute approximate surface area is 389 Å². The van der Waals surface area contributed by atoms with E-state index in [2.05, 4.69) is 39.3 Å². The van der Waals surface area contributed by atoms with Crippen molar-refractivity contribution in [2.75, 3.05) is 26.3 Å². The molecule has 66 heavy (non-hydrogen) atoms. The van der Waals surface area contributed by atoms with Crippen LogP contribution in [0.4, 0.5) is 18.4 Å². The molecule has 0 N–H and O–H groups in total. The number of ketones is 2. The number of nitrogens with zero attached hydrogens (tertiary/aromatic N) is 6. The number of carbonyl (C=O) groups excluding carboxylic acids is 4. The van der Waals surface area contributed by atoms with Crippen molar-refractivity contribution < 1.29 is 46.9 Å². The third-order valence-corrected chi connectivity index (χ3v) is 14.8. The Morgan fingerprint density at radius 3 is 1.33 bits per heavy atom. The Kier molecular flexibility index (Phi) is 15.2. The maximum absolute atomic E-state index is 16.0. The van der Waals surface area contributed by atoms with Gasteiger partial charge in [0, 0.05) is 54.6 Å². The third kappa shape index (κ3) is 12.6. The third-order valence-electron chi connectivity index (χ3n) is 11.4. The largest absolute Gasteiger partial charge is 0.444 e. The minimum atomic E-state index is -1.42. The maximum Gasteiger partial charge on any atom is 0.410 e. The lowest BCUT2D eigenvalue weighted by Gasteiger charge is -2.28. The van der Waals surface area contributed by atoms with E-state index in [0.29, 0.717) is 85.7 Å². The minimum absolute atomic E-state index is 0.0556. The van der Waals surface area contributed by atoms with E-state index in [4.69, 9.17) is 28.9 Å². The number of halogens is 2. The van der Waals surface area contributed by atoms with Gasteiger partial charge in [-0.05, 0) is 104 Å². The summed E-state index contributed by atoms with van der Waals surface area (Å²) in [6.45, 7) is 26.3. The van der Waals surface area contributed by atoms with Crippen LogP contribution in [0.2, 0.25) is 51.4 Å². The monoisotopic (exact) mass is 950 g/mol. The quantitative estimate of drug-likeness (QED) is 0.0460. The molecule has 2 aromatic heterocycles. The number of fused-ring (bicyclic) bond motifs is 2. The number of amides is 2. The first-order chi connectivity index (χ1) is 30.7. The zero-order valence-electron chi connectivity index (χ0n) is 40.8. The summed E-state index contributed by atoms with van der Waals surface area (Å²) < 4.78 is 59.2. The topological polar surface area (TPSA) is 147 Å². The van der Waals surface area contributed by atoms with E-state index in [1.807, 2.05) is 0 Å². The van der Waals surface area contributed by atoms with Gasteiger partial charge in [-0.2, -0.15) is 0 Å². The molecule has 2 fully saturated rings. The van der Waals surface area contributed by atoms with Crippen molar-refractivity contribution in [1.29, 1.82) is 0 Å². The highest BCUT2D eigenvalue weighted by molar-refractivity contribution is 6.76. The van der Waals surface area contributed by atoms with Gasteiger partial charge in [0.05, 0.1) is 45.3 Å². The highest BCUT2D eigenvalue weighted by atomic mass is 28.3. The number of carbonyl (C=O) groups is 4. The fraction of sp³-hybridized carbons (Fsp3) is 0.583. The lowest BCUT2D eigenvalue weighted by Crippen LogP contribution is -2.37. The van der Waals surface area contributed by atoms with Crippen molar-refractivity contribution in [2.24, 2.45) is 0 Å². The second kappa shape index (κ2) is 19.8. The van der Waals surface area contributed by atoms with Gasteiger partial charge in [-0.1, -0.05) is 39.3 Å². The van der Waals surface area contributed by atoms with Gasteiger partial charge in [0.1, 0.15) is 47.9 Å². The molecule has 4 heterocycles. The average molecular weight is 951 g/mol. The van der Waals surface area contributed by atoms with E-state index in [1.54, 1.807) is 60.5 Å². The van der Waals surface area contributed by atoms with Crippen molar-refractivity contribution in [3.8, 4) is 0 Å². The smallest absolute Gasteiger partial charge is 0.410 e. The summed E-state index contributed by atoms with van der Waals surface area (Å²) in [5.41, 5.74) is -0.733. The summed E-state index contributed by atoms with van der Waals surface area (Å²) in [6.07, 6.45) is 3.48. The average Bonchev–Trinajstić information content (AvgIpc) is 4.00. The molecule has 0 aliphatic carbocycles. The van der Waals surface area contributed by atoms with Crippen LogP contribution in [-0.2, 0) is 32.4 Å². The molecule has 0 saturated carbocycles. The van der Waals surface area contributed by atoms with E-state index in [1.165, 1.54) is 24.3 Å². The molecule has 2 aliphatic rings. The summed E-state index contributed by atoms with van der Waals surface area (Å²) in [4.78, 5) is 66.9. The molecule has 2 aromatic carbocycles. The Bertz CT molecular complexity index is 2320. The first-order valence-electron chi connectivity index (χ1n) is 23.0. The Hall–Kier alpha value is -4.79. The Morgan fingerprint density at radius 1 is 0.636 bits per heavy atom. The molecule has 6 rings (SSSR count). The number of aromatic nitrogens is 4. The number of benzene rings is 2. The molecule has 18 heteroatoms. The van der Waals surface area contributed by atoms with E-state index >= 15 is 8.78 Å². The second-order valence-corrected chi connectivity index (χ2v) is 33.1. The molecule has 360 valence electrons. The van der Waals surface area contributed by atoms with Gasteiger partial charge in [0.15, 0.2) is 11.6 Å². The highest BCUT2D eigenvalue weighted by Gasteiger charge is 2.38. The number of likely N-dealkylation sites (tertiary alicyclic amines) is 2. The summed E-state index contributed by atoms with van der Waals surface area (Å²) in [5.74, 6) is -2.38. The second-order valence-electron chi connectivity index (χ2n) is 21.9. The van der Waals surface area contributed by atoms with Crippen molar-refractivity contribution in [2.45, 2.75) is 155 Å². The van der Waals surface area contributed by atoms with E-state index in [0.717, 1.165) is 24.2 Å². The number of allylic oxidation sites excluding steroid dienone is 2. The van der Waals surface area contributed by atoms with Crippen LogP contribution in [0.1, 0.15) is 112 Å². The molecule has 2 saturated heterocycles.